The standard InChI is InChI=1S/C42H68N4O9/c1-23-19-41(6,51)37(55-40-35(47)34(45(8)9)16-24(2)53-40)25(3)31(18-29-20-42(7,52-11)36(48)27(5)54-29)26(4)38(49)44-33(39(50)46(10)22-23)17-28-21-43-32-15-13-12-14-30(28)32/h12-15,21,23-27,29,31,33-37,40,43,47-48,51H,16-20,22H2,1-11H3,(H,44,49)/t23-,24-,25+,26-,27+,29+,31+,33+,34+,35-,36+,37-,40+,41-,42-/m1/s1. The second kappa shape index (κ2) is 17.5. The van der Waals surface area contributed by atoms with E-state index in [2.05, 4.69) is 10.3 Å². The Bertz CT molecular complexity index is 1600. The Morgan fingerprint density at radius 2 is 1.73 bits per heavy atom. The van der Waals surface area contributed by atoms with Crippen molar-refractivity contribution in [2.24, 2.45) is 23.7 Å². The number of rotatable bonds is 8. The molecule has 3 saturated heterocycles. The Morgan fingerprint density at radius 3 is 2.40 bits per heavy atom. The third-order valence-corrected chi connectivity index (χ3v) is 12.9. The zero-order valence-corrected chi connectivity index (χ0v) is 34.8. The van der Waals surface area contributed by atoms with Crippen LogP contribution in [-0.2, 0) is 35.0 Å². The molecule has 15 atom stereocenters. The number of carbonyl (C=O) groups is 2. The smallest absolute Gasteiger partial charge is 0.245 e. The van der Waals surface area contributed by atoms with Gasteiger partial charge >= 0.3 is 0 Å². The highest BCUT2D eigenvalue weighted by Crippen LogP contribution is 2.42. The number of hydrogen-bond acceptors (Lipinski definition) is 10. The zero-order chi connectivity index (χ0) is 40.6. The van der Waals surface area contributed by atoms with Crippen LogP contribution in [0, 0.1) is 23.7 Å². The summed E-state index contributed by atoms with van der Waals surface area (Å²) in [4.78, 5) is 35.8. The number of H-pyrrole nitrogens is 1. The van der Waals surface area contributed by atoms with Gasteiger partial charge in [-0.1, -0.05) is 39.0 Å². The van der Waals surface area contributed by atoms with Crippen LogP contribution in [0.15, 0.2) is 30.5 Å². The van der Waals surface area contributed by atoms with E-state index in [-0.39, 0.29) is 36.3 Å². The van der Waals surface area contributed by atoms with Gasteiger partial charge in [-0.05, 0) is 90.4 Å². The van der Waals surface area contributed by atoms with E-state index in [0.29, 0.717) is 32.2 Å². The molecule has 55 heavy (non-hydrogen) atoms. The SMILES string of the molecule is CO[C@]1(C)C[C@H](C[C@H]2[C@H](C)[C@@H](O[C@@H]3O[C@H](C)C[C@H](N(C)C)[C@H]3O)[C@](C)(O)C[C@@H](C)CN(C)C(=O)[C@H](Cc3c[nH]c4ccccc34)NC(=O)[C@@H]2C)O[C@@H](C)[C@@H]1O. The van der Waals surface area contributed by atoms with Gasteiger partial charge < -0.3 is 54.4 Å². The normalized spacial score (nSPS) is 41.4. The van der Waals surface area contributed by atoms with Crippen molar-refractivity contribution >= 4 is 22.7 Å². The molecular formula is C42H68N4O9. The van der Waals surface area contributed by atoms with Gasteiger partial charge in [0.05, 0.1) is 35.6 Å². The number of aromatic nitrogens is 1. The highest BCUT2D eigenvalue weighted by atomic mass is 16.7. The summed E-state index contributed by atoms with van der Waals surface area (Å²) in [5, 5.41) is 39.3. The van der Waals surface area contributed by atoms with Crippen LogP contribution in [0.25, 0.3) is 10.9 Å². The second-order valence-corrected chi connectivity index (χ2v) is 17.8. The number of aliphatic hydroxyl groups excluding tert-OH is 2. The molecule has 5 N–H and O–H groups in total. The molecule has 3 aliphatic heterocycles. The van der Waals surface area contributed by atoms with E-state index < -0.39 is 71.8 Å². The van der Waals surface area contributed by atoms with Crippen molar-refractivity contribution in [2.75, 3.05) is 34.8 Å². The first-order chi connectivity index (χ1) is 25.8. The first kappa shape index (κ1) is 43.5. The van der Waals surface area contributed by atoms with Gasteiger partial charge in [-0.15, -0.1) is 0 Å². The predicted octanol–water partition coefficient (Wildman–Crippen LogP) is 3.48. The van der Waals surface area contributed by atoms with Crippen molar-refractivity contribution in [3.05, 3.63) is 36.0 Å². The molecule has 1 aromatic heterocycles. The number of ether oxygens (including phenoxy) is 4. The third-order valence-electron chi connectivity index (χ3n) is 12.9. The summed E-state index contributed by atoms with van der Waals surface area (Å²) >= 11 is 0. The van der Waals surface area contributed by atoms with Gasteiger partial charge in [0.15, 0.2) is 6.29 Å². The number of para-hydroxylation sites is 1. The second-order valence-electron chi connectivity index (χ2n) is 17.8. The van der Waals surface area contributed by atoms with Gasteiger partial charge in [0.25, 0.3) is 0 Å². The molecule has 2 amide bonds. The average Bonchev–Trinajstić information content (AvgIpc) is 3.53. The summed E-state index contributed by atoms with van der Waals surface area (Å²) in [6.07, 6.45) is -1.09. The van der Waals surface area contributed by atoms with E-state index in [1.165, 1.54) is 0 Å². The van der Waals surface area contributed by atoms with Gasteiger partial charge in [0.1, 0.15) is 18.2 Å². The molecule has 3 fully saturated rings. The molecule has 0 bridgehead atoms. The van der Waals surface area contributed by atoms with E-state index in [9.17, 15) is 24.9 Å². The van der Waals surface area contributed by atoms with Crippen molar-refractivity contribution < 1.29 is 43.9 Å². The molecule has 2 aromatic rings. The number of amides is 2. The summed E-state index contributed by atoms with van der Waals surface area (Å²) in [5.41, 5.74) is -0.473. The Hall–Kier alpha value is -2.62. The average molecular weight is 773 g/mol. The molecule has 1 aromatic carbocycles. The number of aliphatic hydroxyl groups is 3. The summed E-state index contributed by atoms with van der Waals surface area (Å²) in [7, 11) is 7.15. The number of nitrogens with one attached hydrogen (secondary N) is 2. The topological polar surface area (TPSA) is 166 Å². The van der Waals surface area contributed by atoms with Crippen LogP contribution in [0.4, 0.5) is 0 Å². The van der Waals surface area contributed by atoms with Crippen LogP contribution >= 0.6 is 0 Å². The van der Waals surface area contributed by atoms with E-state index >= 15 is 0 Å². The lowest BCUT2D eigenvalue weighted by atomic mass is 9.70. The highest BCUT2D eigenvalue weighted by molar-refractivity contribution is 5.90. The van der Waals surface area contributed by atoms with E-state index in [0.717, 1.165) is 16.5 Å². The maximum absolute atomic E-state index is 14.6. The van der Waals surface area contributed by atoms with Gasteiger partial charge in [-0.25, -0.2) is 0 Å². The number of methoxy groups -OCH3 is 1. The highest BCUT2D eigenvalue weighted by Gasteiger charge is 2.51. The number of likely N-dealkylation sites (N-methyl/N-ethyl adjacent to an activating group) is 2. The maximum atomic E-state index is 14.6. The van der Waals surface area contributed by atoms with Crippen molar-refractivity contribution in [1.29, 1.82) is 0 Å². The van der Waals surface area contributed by atoms with Gasteiger partial charge in [0.2, 0.25) is 11.8 Å². The Balaban J connectivity index is 1.56. The minimum atomic E-state index is -1.47. The van der Waals surface area contributed by atoms with Crippen LogP contribution in [0.5, 0.6) is 0 Å². The number of hydrogen-bond donors (Lipinski definition) is 5. The van der Waals surface area contributed by atoms with Crippen LogP contribution in [0.1, 0.15) is 79.7 Å². The Kier molecular flexibility index (Phi) is 13.8. The number of fused-ring (bicyclic) bond motifs is 1. The fraction of sp³-hybridized carbons (Fsp3) is 0.762. The largest absolute Gasteiger partial charge is 0.387 e. The summed E-state index contributed by atoms with van der Waals surface area (Å²) < 4.78 is 25.3. The number of aromatic amines is 1. The van der Waals surface area contributed by atoms with E-state index in [4.69, 9.17) is 18.9 Å². The Morgan fingerprint density at radius 1 is 1.04 bits per heavy atom. The van der Waals surface area contributed by atoms with Crippen LogP contribution < -0.4 is 5.32 Å². The summed E-state index contributed by atoms with van der Waals surface area (Å²) in [5.74, 6) is -2.29. The summed E-state index contributed by atoms with van der Waals surface area (Å²) in [6.45, 7) is 13.6. The van der Waals surface area contributed by atoms with Crippen molar-refractivity contribution in [1.82, 2.24) is 20.1 Å². The van der Waals surface area contributed by atoms with Crippen LogP contribution in [0.3, 0.4) is 0 Å². The van der Waals surface area contributed by atoms with Crippen LogP contribution in [0.2, 0.25) is 0 Å². The monoisotopic (exact) mass is 772 g/mol. The molecular weight excluding hydrogens is 704 g/mol. The number of benzene rings is 1. The predicted molar refractivity (Wildman–Crippen MR) is 210 cm³/mol. The molecule has 0 spiro atoms. The zero-order valence-electron chi connectivity index (χ0n) is 34.8. The maximum Gasteiger partial charge on any atom is 0.245 e. The van der Waals surface area contributed by atoms with Gasteiger partial charge in [-0.3, -0.25) is 9.59 Å². The van der Waals surface area contributed by atoms with E-state index in [1.54, 1.807) is 26.0 Å². The number of nitrogens with zero attached hydrogens (tertiary/aromatic N) is 2. The fourth-order valence-electron chi connectivity index (χ4n) is 9.80. The molecule has 13 nitrogen and oxygen atoms in total. The molecule has 3 aliphatic rings. The molecule has 0 aliphatic carbocycles. The lowest BCUT2D eigenvalue weighted by molar-refractivity contribution is -0.298. The minimum absolute atomic E-state index is 0.166. The minimum Gasteiger partial charge on any atom is -0.387 e. The van der Waals surface area contributed by atoms with Crippen molar-refractivity contribution in [3.63, 3.8) is 0 Å². The first-order valence-corrected chi connectivity index (χ1v) is 20.1. The molecule has 0 radical (unpaired) electrons. The van der Waals surface area contributed by atoms with E-state index in [1.807, 2.05) is 91.0 Å². The van der Waals surface area contributed by atoms with Crippen LogP contribution in [-0.4, -0.2) is 143 Å². The molecule has 4 heterocycles. The molecule has 0 unspecified atom stereocenters. The number of carbonyl (C=O) groups excluding carboxylic acids is 2. The van der Waals surface area contributed by atoms with Gasteiger partial charge in [-0.2, -0.15) is 0 Å². The van der Waals surface area contributed by atoms with Crippen molar-refractivity contribution in [3.8, 4) is 0 Å². The third kappa shape index (κ3) is 9.58. The molecule has 310 valence electrons. The quantitative estimate of drug-likeness (QED) is 0.268. The molecule has 5 rings (SSSR count). The van der Waals surface area contributed by atoms with Gasteiger partial charge in [0, 0.05) is 62.6 Å². The first-order valence-electron chi connectivity index (χ1n) is 20.1. The fourth-order valence-corrected chi connectivity index (χ4v) is 9.80. The lowest BCUT2D eigenvalue weighted by Gasteiger charge is -2.49. The molecule has 13 heteroatoms. The summed E-state index contributed by atoms with van der Waals surface area (Å²) in [6, 6.07) is 6.82. The molecule has 0 saturated carbocycles. The Labute approximate surface area is 327 Å². The lowest BCUT2D eigenvalue weighted by Crippen LogP contribution is -2.59. The van der Waals surface area contributed by atoms with Crippen molar-refractivity contribution in [2.45, 2.75) is 147 Å².